The van der Waals surface area contributed by atoms with E-state index in [2.05, 4.69) is 43.4 Å². The van der Waals surface area contributed by atoms with Crippen LogP contribution in [0.5, 0.6) is 0 Å². The van der Waals surface area contributed by atoms with Gasteiger partial charge in [0, 0.05) is 6.54 Å². The standard InChI is InChI=1S/C17H28N2O/c1-13(2)12-15-6-8-16(9-7-15)14(3)17(20)19-11-5-4-10-18/h6-9,13-14H,4-5,10-12,18H2,1-3H3,(H,19,20). The van der Waals surface area contributed by atoms with Crippen LogP contribution in [-0.4, -0.2) is 19.0 Å². The summed E-state index contributed by atoms with van der Waals surface area (Å²) in [6, 6.07) is 8.41. The van der Waals surface area contributed by atoms with Crippen molar-refractivity contribution in [3.05, 3.63) is 35.4 Å². The van der Waals surface area contributed by atoms with Gasteiger partial charge in [-0.2, -0.15) is 0 Å². The molecular formula is C17H28N2O. The number of amides is 1. The molecule has 1 unspecified atom stereocenters. The number of carbonyl (C=O) groups excluding carboxylic acids is 1. The third-order valence-electron chi connectivity index (χ3n) is 3.45. The van der Waals surface area contributed by atoms with Crippen molar-refractivity contribution in [3.8, 4) is 0 Å². The van der Waals surface area contributed by atoms with Crippen LogP contribution in [0.25, 0.3) is 0 Å². The summed E-state index contributed by atoms with van der Waals surface area (Å²) >= 11 is 0. The highest BCUT2D eigenvalue weighted by Gasteiger charge is 2.14. The van der Waals surface area contributed by atoms with Gasteiger partial charge in [0.25, 0.3) is 0 Å². The molecule has 0 aliphatic rings. The molecule has 3 nitrogen and oxygen atoms in total. The van der Waals surface area contributed by atoms with Gasteiger partial charge in [0.1, 0.15) is 0 Å². The molecule has 1 amide bonds. The summed E-state index contributed by atoms with van der Waals surface area (Å²) in [5, 5.41) is 2.97. The number of hydrogen-bond acceptors (Lipinski definition) is 2. The van der Waals surface area contributed by atoms with Gasteiger partial charge in [-0.05, 0) is 49.8 Å². The van der Waals surface area contributed by atoms with E-state index in [1.807, 2.05) is 6.92 Å². The lowest BCUT2D eigenvalue weighted by Crippen LogP contribution is -2.29. The highest BCUT2D eigenvalue weighted by atomic mass is 16.1. The van der Waals surface area contributed by atoms with Gasteiger partial charge < -0.3 is 11.1 Å². The van der Waals surface area contributed by atoms with E-state index in [1.54, 1.807) is 0 Å². The van der Waals surface area contributed by atoms with Crippen molar-refractivity contribution in [1.82, 2.24) is 5.32 Å². The van der Waals surface area contributed by atoms with E-state index in [4.69, 9.17) is 5.73 Å². The summed E-state index contributed by atoms with van der Waals surface area (Å²) in [7, 11) is 0. The Bertz CT molecular complexity index is 398. The summed E-state index contributed by atoms with van der Waals surface area (Å²) in [6.45, 7) is 7.78. The summed E-state index contributed by atoms with van der Waals surface area (Å²) < 4.78 is 0. The second-order valence-electron chi connectivity index (χ2n) is 5.85. The summed E-state index contributed by atoms with van der Waals surface area (Å²) in [4.78, 5) is 12.0. The van der Waals surface area contributed by atoms with E-state index in [0.717, 1.165) is 24.8 Å². The first-order chi connectivity index (χ1) is 9.54. The Kier molecular flexibility index (Phi) is 7.31. The SMILES string of the molecule is CC(C)Cc1ccc(C(C)C(=O)NCCCCN)cc1. The minimum Gasteiger partial charge on any atom is -0.356 e. The second-order valence-corrected chi connectivity index (χ2v) is 5.85. The molecule has 3 heteroatoms. The minimum atomic E-state index is -0.0963. The summed E-state index contributed by atoms with van der Waals surface area (Å²) in [6.07, 6.45) is 2.99. The van der Waals surface area contributed by atoms with Gasteiger partial charge in [0.15, 0.2) is 0 Å². The summed E-state index contributed by atoms with van der Waals surface area (Å²) in [5.41, 5.74) is 7.84. The zero-order valence-corrected chi connectivity index (χ0v) is 13.0. The Morgan fingerprint density at radius 3 is 2.35 bits per heavy atom. The van der Waals surface area contributed by atoms with Gasteiger partial charge >= 0.3 is 0 Å². The number of nitrogens with one attached hydrogen (secondary N) is 1. The number of hydrogen-bond donors (Lipinski definition) is 2. The van der Waals surface area contributed by atoms with E-state index in [1.165, 1.54) is 5.56 Å². The predicted molar refractivity (Wildman–Crippen MR) is 84.7 cm³/mol. The van der Waals surface area contributed by atoms with Gasteiger partial charge in [-0.3, -0.25) is 4.79 Å². The first kappa shape index (κ1) is 16.7. The van der Waals surface area contributed by atoms with Crippen LogP contribution in [0.2, 0.25) is 0 Å². The monoisotopic (exact) mass is 276 g/mol. The Labute approximate surface area is 122 Å². The van der Waals surface area contributed by atoms with Crippen molar-refractivity contribution in [2.75, 3.05) is 13.1 Å². The molecule has 0 aliphatic heterocycles. The van der Waals surface area contributed by atoms with E-state index in [9.17, 15) is 4.79 Å². The average molecular weight is 276 g/mol. The van der Waals surface area contributed by atoms with Gasteiger partial charge in [-0.1, -0.05) is 38.1 Å². The molecule has 0 bridgehead atoms. The van der Waals surface area contributed by atoms with Gasteiger partial charge in [-0.15, -0.1) is 0 Å². The third kappa shape index (κ3) is 5.74. The van der Waals surface area contributed by atoms with Crippen LogP contribution in [0.4, 0.5) is 0 Å². The lowest BCUT2D eigenvalue weighted by molar-refractivity contribution is -0.122. The number of rotatable bonds is 8. The quantitative estimate of drug-likeness (QED) is 0.717. The summed E-state index contributed by atoms with van der Waals surface area (Å²) in [5.74, 6) is 0.656. The molecule has 0 spiro atoms. The molecule has 20 heavy (non-hydrogen) atoms. The molecule has 1 aromatic rings. The zero-order chi connectivity index (χ0) is 15.0. The first-order valence-electron chi connectivity index (χ1n) is 7.61. The zero-order valence-electron chi connectivity index (χ0n) is 13.0. The van der Waals surface area contributed by atoms with Crippen molar-refractivity contribution < 1.29 is 4.79 Å². The number of carbonyl (C=O) groups is 1. The van der Waals surface area contributed by atoms with Crippen LogP contribution in [0.3, 0.4) is 0 Å². The largest absolute Gasteiger partial charge is 0.356 e. The lowest BCUT2D eigenvalue weighted by atomic mass is 9.96. The second kappa shape index (κ2) is 8.75. The molecule has 0 radical (unpaired) electrons. The molecule has 0 heterocycles. The molecule has 1 atom stereocenters. The molecule has 112 valence electrons. The van der Waals surface area contributed by atoms with E-state index < -0.39 is 0 Å². The van der Waals surface area contributed by atoms with Crippen molar-refractivity contribution in [1.29, 1.82) is 0 Å². The molecule has 0 aromatic heterocycles. The topological polar surface area (TPSA) is 55.1 Å². The number of unbranched alkanes of at least 4 members (excludes halogenated alkanes) is 1. The minimum absolute atomic E-state index is 0.0960. The maximum Gasteiger partial charge on any atom is 0.227 e. The Morgan fingerprint density at radius 1 is 1.15 bits per heavy atom. The fourth-order valence-corrected chi connectivity index (χ4v) is 2.20. The lowest BCUT2D eigenvalue weighted by Gasteiger charge is -2.13. The van der Waals surface area contributed by atoms with Crippen molar-refractivity contribution in [2.45, 2.75) is 46.0 Å². The Morgan fingerprint density at radius 2 is 1.80 bits per heavy atom. The van der Waals surface area contributed by atoms with Crippen LogP contribution in [0, 0.1) is 5.92 Å². The molecule has 0 saturated carbocycles. The third-order valence-corrected chi connectivity index (χ3v) is 3.45. The molecule has 3 N–H and O–H groups in total. The molecule has 0 fully saturated rings. The van der Waals surface area contributed by atoms with Crippen LogP contribution in [0.15, 0.2) is 24.3 Å². The van der Waals surface area contributed by atoms with E-state index in [-0.39, 0.29) is 11.8 Å². The van der Waals surface area contributed by atoms with Gasteiger partial charge in [0.05, 0.1) is 5.92 Å². The molecular weight excluding hydrogens is 248 g/mol. The highest BCUT2D eigenvalue weighted by Crippen LogP contribution is 2.17. The average Bonchev–Trinajstić information content (AvgIpc) is 2.43. The molecule has 0 saturated heterocycles. The van der Waals surface area contributed by atoms with Crippen LogP contribution in [0.1, 0.15) is 50.7 Å². The molecule has 1 rings (SSSR count). The van der Waals surface area contributed by atoms with Crippen LogP contribution in [-0.2, 0) is 11.2 Å². The molecule has 1 aromatic carbocycles. The first-order valence-corrected chi connectivity index (χ1v) is 7.61. The number of benzene rings is 1. The van der Waals surface area contributed by atoms with Crippen LogP contribution < -0.4 is 11.1 Å². The smallest absolute Gasteiger partial charge is 0.227 e. The number of nitrogens with two attached hydrogens (primary N) is 1. The van der Waals surface area contributed by atoms with Crippen LogP contribution >= 0.6 is 0 Å². The van der Waals surface area contributed by atoms with Gasteiger partial charge in [-0.25, -0.2) is 0 Å². The van der Waals surface area contributed by atoms with E-state index >= 15 is 0 Å². The van der Waals surface area contributed by atoms with Crippen molar-refractivity contribution in [2.24, 2.45) is 11.7 Å². The van der Waals surface area contributed by atoms with Gasteiger partial charge in [0.2, 0.25) is 5.91 Å². The fraction of sp³-hybridized carbons (Fsp3) is 0.588. The predicted octanol–water partition coefficient (Wildman–Crippen LogP) is 2.84. The maximum atomic E-state index is 12.0. The van der Waals surface area contributed by atoms with Crippen molar-refractivity contribution in [3.63, 3.8) is 0 Å². The van der Waals surface area contributed by atoms with E-state index in [0.29, 0.717) is 19.0 Å². The molecule has 0 aliphatic carbocycles. The Balaban J connectivity index is 2.49. The van der Waals surface area contributed by atoms with Crippen molar-refractivity contribution >= 4 is 5.91 Å². The fourth-order valence-electron chi connectivity index (χ4n) is 2.20. The normalized spacial score (nSPS) is 12.4. The Hall–Kier alpha value is -1.35. The maximum absolute atomic E-state index is 12.0. The highest BCUT2D eigenvalue weighted by molar-refractivity contribution is 5.83.